The number of hydrogen-bond donors (Lipinski definition) is 0. The highest BCUT2D eigenvalue weighted by Crippen LogP contribution is 2.32. The van der Waals surface area contributed by atoms with Crippen LogP contribution in [-0.4, -0.2) is 23.0 Å². The van der Waals surface area contributed by atoms with E-state index in [2.05, 4.69) is 42.9 Å². The van der Waals surface area contributed by atoms with Gasteiger partial charge in [-0.05, 0) is 57.7 Å². The van der Waals surface area contributed by atoms with Crippen LogP contribution in [-0.2, 0) is 0 Å². The Labute approximate surface area is 111 Å². The highest BCUT2D eigenvalue weighted by Gasteiger charge is 2.26. The summed E-state index contributed by atoms with van der Waals surface area (Å²) in [5.74, 6) is 0.972. The van der Waals surface area contributed by atoms with E-state index in [1.807, 2.05) is 12.3 Å². The summed E-state index contributed by atoms with van der Waals surface area (Å²) in [6.45, 7) is 4.60. The second kappa shape index (κ2) is 6.33. The summed E-state index contributed by atoms with van der Waals surface area (Å²) in [5, 5.41) is 0. The lowest BCUT2D eigenvalue weighted by Crippen LogP contribution is -2.37. The first-order chi connectivity index (χ1) is 8.72. The molecular weight excluding hydrogens is 220 g/mol. The topological polar surface area (TPSA) is 16.1 Å². The smallest absolute Gasteiger partial charge is 0.0572 e. The van der Waals surface area contributed by atoms with Crippen molar-refractivity contribution < 1.29 is 0 Å². The summed E-state index contributed by atoms with van der Waals surface area (Å²) < 4.78 is 0. The normalized spacial score (nSPS) is 26.2. The van der Waals surface area contributed by atoms with E-state index in [1.165, 1.54) is 37.8 Å². The van der Waals surface area contributed by atoms with Crippen LogP contribution in [0.2, 0.25) is 0 Å². The maximum absolute atomic E-state index is 4.48. The van der Waals surface area contributed by atoms with Crippen molar-refractivity contribution in [3.63, 3.8) is 0 Å². The van der Waals surface area contributed by atoms with Gasteiger partial charge in [-0.3, -0.25) is 9.88 Å². The van der Waals surface area contributed by atoms with Crippen molar-refractivity contribution in [1.82, 2.24) is 9.88 Å². The maximum atomic E-state index is 4.48. The fraction of sp³-hybridized carbons (Fsp3) is 0.688. The Morgan fingerprint density at radius 2 is 2.00 bits per heavy atom. The molecule has 0 saturated heterocycles. The molecule has 1 aliphatic rings. The molecule has 1 atom stereocenters. The second-order valence-corrected chi connectivity index (χ2v) is 5.68. The average Bonchev–Trinajstić information content (AvgIpc) is 2.47. The van der Waals surface area contributed by atoms with Gasteiger partial charge in [0, 0.05) is 18.3 Å². The van der Waals surface area contributed by atoms with E-state index in [4.69, 9.17) is 0 Å². The molecule has 1 unspecified atom stereocenters. The zero-order chi connectivity index (χ0) is 13.0. The minimum Gasteiger partial charge on any atom is -0.295 e. The molecule has 0 bridgehead atoms. The highest BCUT2D eigenvalue weighted by atomic mass is 15.2. The number of pyridine rings is 1. The second-order valence-electron chi connectivity index (χ2n) is 5.68. The standard InChI is InChI=1S/C16H26N2/c1-4-14-8-10-15(11-9-14)18(3)13(2)16-7-5-6-12-17-16/h5-7,12-15H,4,8-11H2,1-3H3/t13?,14-,15+. The van der Waals surface area contributed by atoms with Gasteiger partial charge in [-0.1, -0.05) is 19.4 Å². The molecule has 1 aromatic heterocycles. The van der Waals surface area contributed by atoms with Crippen LogP contribution >= 0.6 is 0 Å². The Morgan fingerprint density at radius 3 is 2.56 bits per heavy atom. The van der Waals surface area contributed by atoms with E-state index in [1.54, 1.807) is 0 Å². The van der Waals surface area contributed by atoms with Crippen molar-refractivity contribution in [2.24, 2.45) is 5.92 Å². The van der Waals surface area contributed by atoms with Crippen molar-refractivity contribution in [3.05, 3.63) is 30.1 Å². The lowest BCUT2D eigenvalue weighted by molar-refractivity contribution is 0.125. The molecule has 1 heterocycles. The summed E-state index contributed by atoms with van der Waals surface area (Å²) in [6.07, 6.45) is 8.76. The fourth-order valence-electron chi connectivity index (χ4n) is 3.11. The number of hydrogen-bond acceptors (Lipinski definition) is 2. The van der Waals surface area contributed by atoms with Gasteiger partial charge < -0.3 is 0 Å². The molecule has 18 heavy (non-hydrogen) atoms. The van der Waals surface area contributed by atoms with Crippen LogP contribution in [0.15, 0.2) is 24.4 Å². The van der Waals surface area contributed by atoms with Gasteiger partial charge in [0.15, 0.2) is 0 Å². The summed E-state index contributed by atoms with van der Waals surface area (Å²) in [4.78, 5) is 7.01. The maximum Gasteiger partial charge on any atom is 0.0572 e. The lowest BCUT2D eigenvalue weighted by Gasteiger charge is -2.37. The monoisotopic (exact) mass is 246 g/mol. The van der Waals surface area contributed by atoms with Gasteiger partial charge in [-0.25, -0.2) is 0 Å². The van der Waals surface area contributed by atoms with Crippen LogP contribution in [0.5, 0.6) is 0 Å². The molecule has 1 saturated carbocycles. The quantitative estimate of drug-likeness (QED) is 0.797. The number of aromatic nitrogens is 1. The molecule has 0 radical (unpaired) electrons. The fourth-order valence-corrected chi connectivity index (χ4v) is 3.11. The van der Waals surface area contributed by atoms with E-state index in [9.17, 15) is 0 Å². The Morgan fingerprint density at radius 1 is 1.28 bits per heavy atom. The third-order valence-electron chi connectivity index (χ3n) is 4.70. The first-order valence-electron chi connectivity index (χ1n) is 7.35. The minimum atomic E-state index is 0.425. The largest absolute Gasteiger partial charge is 0.295 e. The van der Waals surface area contributed by atoms with E-state index < -0.39 is 0 Å². The van der Waals surface area contributed by atoms with Crippen molar-refractivity contribution in [2.45, 2.75) is 58.0 Å². The van der Waals surface area contributed by atoms with Crippen LogP contribution in [0.4, 0.5) is 0 Å². The number of nitrogens with zero attached hydrogens (tertiary/aromatic N) is 2. The molecule has 0 aliphatic heterocycles. The van der Waals surface area contributed by atoms with Gasteiger partial charge in [-0.2, -0.15) is 0 Å². The summed E-state index contributed by atoms with van der Waals surface area (Å²) in [7, 11) is 2.26. The average molecular weight is 246 g/mol. The first kappa shape index (κ1) is 13.5. The number of rotatable bonds is 4. The predicted octanol–water partition coefficient (Wildman–Crippen LogP) is 4.04. The van der Waals surface area contributed by atoms with Crippen molar-refractivity contribution in [1.29, 1.82) is 0 Å². The van der Waals surface area contributed by atoms with Gasteiger partial charge in [0.1, 0.15) is 0 Å². The molecule has 0 spiro atoms. The minimum absolute atomic E-state index is 0.425. The SMILES string of the molecule is CC[C@H]1CC[C@@H](N(C)C(C)c2ccccn2)CC1. The molecule has 100 valence electrons. The molecule has 1 fully saturated rings. The third kappa shape index (κ3) is 3.11. The Kier molecular flexibility index (Phi) is 4.76. The summed E-state index contributed by atoms with van der Waals surface area (Å²) in [5.41, 5.74) is 1.19. The zero-order valence-corrected chi connectivity index (χ0v) is 12.0. The molecule has 2 nitrogen and oxygen atoms in total. The van der Waals surface area contributed by atoms with Crippen LogP contribution in [0.1, 0.15) is 57.7 Å². The summed E-state index contributed by atoms with van der Waals surface area (Å²) >= 11 is 0. The zero-order valence-electron chi connectivity index (χ0n) is 12.0. The van der Waals surface area contributed by atoms with E-state index in [0.717, 1.165) is 12.0 Å². The Balaban J connectivity index is 1.93. The molecular formula is C16H26N2. The van der Waals surface area contributed by atoms with Crippen molar-refractivity contribution in [2.75, 3.05) is 7.05 Å². The van der Waals surface area contributed by atoms with E-state index in [0.29, 0.717) is 6.04 Å². The Bertz CT molecular complexity index is 341. The van der Waals surface area contributed by atoms with Gasteiger partial charge in [-0.15, -0.1) is 0 Å². The van der Waals surface area contributed by atoms with Crippen LogP contribution in [0.3, 0.4) is 0 Å². The van der Waals surface area contributed by atoms with Crippen LogP contribution in [0, 0.1) is 5.92 Å². The van der Waals surface area contributed by atoms with Gasteiger partial charge >= 0.3 is 0 Å². The van der Waals surface area contributed by atoms with Crippen molar-refractivity contribution in [3.8, 4) is 0 Å². The van der Waals surface area contributed by atoms with Crippen LogP contribution < -0.4 is 0 Å². The predicted molar refractivity (Wildman–Crippen MR) is 76.5 cm³/mol. The highest BCUT2D eigenvalue weighted by molar-refractivity contribution is 5.08. The Hall–Kier alpha value is -0.890. The molecule has 0 amide bonds. The van der Waals surface area contributed by atoms with Gasteiger partial charge in [0.05, 0.1) is 5.69 Å². The molecule has 2 heteroatoms. The summed E-state index contributed by atoms with van der Waals surface area (Å²) in [6, 6.07) is 7.38. The van der Waals surface area contributed by atoms with Gasteiger partial charge in [0.2, 0.25) is 0 Å². The molecule has 0 N–H and O–H groups in total. The molecule has 0 aromatic carbocycles. The van der Waals surface area contributed by atoms with Gasteiger partial charge in [0.25, 0.3) is 0 Å². The molecule has 1 aromatic rings. The third-order valence-corrected chi connectivity index (χ3v) is 4.70. The lowest BCUT2D eigenvalue weighted by atomic mass is 9.83. The van der Waals surface area contributed by atoms with Crippen molar-refractivity contribution >= 4 is 0 Å². The molecule has 2 rings (SSSR count). The molecule has 1 aliphatic carbocycles. The first-order valence-corrected chi connectivity index (χ1v) is 7.35. The van der Waals surface area contributed by atoms with Crippen LogP contribution in [0.25, 0.3) is 0 Å². The van der Waals surface area contributed by atoms with E-state index in [-0.39, 0.29) is 0 Å². The van der Waals surface area contributed by atoms with E-state index >= 15 is 0 Å².